The van der Waals surface area contributed by atoms with E-state index in [1.54, 1.807) is 23.8 Å². The van der Waals surface area contributed by atoms with E-state index >= 15 is 8.78 Å². The summed E-state index contributed by atoms with van der Waals surface area (Å²) in [6.07, 6.45) is 12.5. The number of carbonyl (C=O) groups is 5. The lowest BCUT2D eigenvalue weighted by Crippen LogP contribution is -2.66. The number of piperidine rings is 2. The molecule has 5 saturated heterocycles. The van der Waals surface area contributed by atoms with Crippen LogP contribution in [0.2, 0.25) is 0 Å². The standard InChI is InChI=1S/C63H92F2N14O6/c1-43(66-4)59(82)72-58(45-12-6-5-7-13-45)61(84)79-38-47(34-53(79)60(83)71-51-16-10-14-44-11-8-9-15-48(44)51)70-56(80)39-76-28-26-74(27-29-76)30-32-85-31-21-67-54-36-55(69-42-68-54)77-24-19-63(20-25-77)41-78(40-57(81)73-63)52-35-49(64)46(33-50(52)65)37-75-22-17-62(2,3)18-23-75/h8-9,11,15,33,35-36,42-43,45,47,51,53,58,66H,5-7,10,12-14,16-32,34,37-41H2,1-4H3,(H,70,80)(H,71,83)(H,72,82)(H,73,81)(H,67,68,69)/t43-,47?,51-,53-,58-/m0/s1. The highest BCUT2D eigenvalue weighted by Crippen LogP contribution is 2.36. The molecule has 1 unspecified atom stereocenters. The molecule has 3 aromatic rings. The second-order valence-electron chi connectivity index (χ2n) is 26.0. The van der Waals surface area contributed by atoms with Gasteiger partial charge in [0, 0.05) is 95.7 Å². The van der Waals surface area contributed by atoms with Crippen LogP contribution >= 0.6 is 0 Å². The molecule has 6 N–H and O–H groups in total. The highest BCUT2D eigenvalue weighted by molar-refractivity contribution is 5.94. The van der Waals surface area contributed by atoms with Crippen molar-refractivity contribution >= 4 is 46.9 Å². The molecule has 2 aliphatic carbocycles. The van der Waals surface area contributed by atoms with Gasteiger partial charge in [-0.2, -0.15) is 0 Å². The molecule has 0 bridgehead atoms. The molecule has 22 heteroatoms. The van der Waals surface area contributed by atoms with Gasteiger partial charge in [-0.3, -0.25) is 38.7 Å². The number of piperazine rings is 2. The van der Waals surface area contributed by atoms with Gasteiger partial charge in [-0.1, -0.05) is 57.4 Å². The zero-order chi connectivity index (χ0) is 59.7. The molecule has 5 aliphatic heterocycles. The zero-order valence-electron chi connectivity index (χ0n) is 50.6. The summed E-state index contributed by atoms with van der Waals surface area (Å²) in [6, 6.07) is 10.0. The number of aromatic nitrogens is 2. The number of fused-ring (bicyclic) bond motifs is 1. The van der Waals surface area contributed by atoms with Gasteiger partial charge in [-0.15, -0.1) is 0 Å². The first kappa shape index (κ1) is 62.0. The second kappa shape index (κ2) is 28.2. The van der Waals surface area contributed by atoms with Crippen molar-refractivity contribution in [3.63, 3.8) is 0 Å². The molecule has 1 aromatic heterocycles. The summed E-state index contributed by atoms with van der Waals surface area (Å²) < 4.78 is 37.4. The number of aryl methyl sites for hydroxylation is 1. The van der Waals surface area contributed by atoms with Crippen LogP contribution in [0.4, 0.5) is 26.1 Å². The van der Waals surface area contributed by atoms with E-state index in [4.69, 9.17) is 4.74 Å². The maximum atomic E-state index is 15.8. The van der Waals surface area contributed by atoms with Crippen LogP contribution in [0, 0.1) is 23.0 Å². The normalized spacial score (nSPS) is 23.9. The molecule has 85 heavy (non-hydrogen) atoms. The number of rotatable bonds is 21. The predicted molar refractivity (Wildman–Crippen MR) is 323 cm³/mol. The number of amides is 5. The van der Waals surface area contributed by atoms with E-state index in [1.165, 1.54) is 24.0 Å². The second-order valence-corrected chi connectivity index (χ2v) is 26.0. The van der Waals surface area contributed by atoms with Gasteiger partial charge in [0.25, 0.3) is 0 Å². The minimum Gasteiger partial charge on any atom is -0.378 e. The largest absolute Gasteiger partial charge is 0.378 e. The van der Waals surface area contributed by atoms with Crippen LogP contribution < -0.4 is 41.7 Å². The Labute approximate surface area is 500 Å². The molecule has 5 amide bonds. The van der Waals surface area contributed by atoms with Crippen LogP contribution in [0.15, 0.2) is 48.8 Å². The third-order valence-electron chi connectivity index (χ3n) is 19.4. The molecule has 5 atom stereocenters. The third kappa shape index (κ3) is 15.9. The number of anilines is 3. The SMILES string of the molecule is CN[C@@H](C)C(=O)N[C@H](C(=O)N1CC(NC(=O)CN2CCN(CCOCCNc3cc(N4CCC5(CC4)CN(c4cc(F)c(CN6CCC(C)(C)CC6)cc4F)CC(=O)N5)ncn3)CC2)C[C@H]1C(=O)N[C@H]1CCCc2ccccc21)C1CCCCC1. The Balaban J connectivity index is 0.643. The predicted octanol–water partition coefficient (Wildman–Crippen LogP) is 4.35. The number of hydrogen-bond donors (Lipinski definition) is 6. The Morgan fingerprint density at radius 2 is 1.58 bits per heavy atom. The van der Waals surface area contributed by atoms with Crippen LogP contribution in [-0.2, 0) is 41.7 Å². The van der Waals surface area contributed by atoms with E-state index < -0.39 is 41.3 Å². The van der Waals surface area contributed by atoms with Gasteiger partial charge in [-0.05, 0) is 120 Å². The Morgan fingerprint density at radius 1 is 0.824 bits per heavy atom. The molecule has 10 rings (SSSR count). The number of halogens is 2. The zero-order valence-corrected chi connectivity index (χ0v) is 50.6. The number of carbonyl (C=O) groups excluding carboxylic acids is 5. The summed E-state index contributed by atoms with van der Waals surface area (Å²) >= 11 is 0. The summed E-state index contributed by atoms with van der Waals surface area (Å²) in [4.78, 5) is 90.6. The molecule has 7 aliphatic rings. The maximum absolute atomic E-state index is 15.8. The van der Waals surface area contributed by atoms with Crippen LogP contribution in [0.3, 0.4) is 0 Å². The average molecular weight is 1180 g/mol. The van der Waals surface area contributed by atoms with Gasteiger partial charge in [0.2, 0.25) is 29.5 Å². The molecule has 464 valence electrons. The van der Waals surface area contributed by atoms with E-state index in [0.717, 1.165) is 108 Å². The molecule has 20 nitrogen and oxygen atoms in total. The van der Waals surface area contributed by atoms with E-state index in [9.17, 15) is 24.0 Å². The van der Waals surface area contributed by atoms with Gasteiger partial charge in [0.05, 0.1) is 49.6 Å². The summed E-state index contributed by atoms with van der Waals surface area (Å²) in [5, 5.41) is 19.1. The quantitative estimate of drug-likeness (QED) is 0.0820. The van der Waals surface area contributed by atoms with Gasteiger partial charge in [-0.25, -0.2) is 18.7 Å². The first-order valence-electron chi connectivity index (χ1n) is 31.6. The van der Waals surface area contributed by atoms with Crippen LogP contribution in [-0.4, -0.2) is 201 Å². The molecular formula is C63H92F2N14O6. The number of nitrogens with one attached hydrogen (secondary N) is 6. The molecule has 6 heterocycles. The molecule has 1 spiro atoms. The Kier molecular flexibility index (Phi) is 20.6. The monoisotopic (exact) mass is 1180 g/mol. The lowest BCUT2D eigenvalue weighted by atomic mass is 9.82. The Morgan fingerprint density at radius 3 is 2.34 bits per heavy atom. The maximum Gasteiger partial charge on any atom is 0.246 e. The van der Waals surface area contributed by atoms with Crippen LogP contribution in [0.5, 0.6) is 0 Å². The first-order valence-corrected chi connectivity index (χ1v) is 31.6. The Bertz CT molecular complexity index is 2800. The van der Waals surface area contributed by atoms with Crippen molar-refractivity contribution in [3.05, 3.63) is 77.1 Å². The van der Waals surface area contributed by atoms with Gasteiger partial charge in [0.15, 0.2) is 0 Å². The van der Waals surface area contributed by atoms with Crippen LogP contribution in [0.1, 0.15) is 121 Å². The molecular weight excluding hydrogens is 1090 g/mol. The van der Waals surface area contributed by atoms with Crippen molar-refractivity contribution in [2.24, 2.45) is 11.3 Å². The summed E-state index contributed by atoms with van der Waals surface area (Å²) in [5.41, 5.74) is 2.48. The summed E-state index contributed by atoms with van der Waals surface area (Å²) in [5.74, 6) is -0.659. The van der Waals surface area contributed by atoms with E-state index in [2.05, 4.69) is 87.4 Å². The van der Waals surface area contributed by atoms with Crippen molar-refractivity contribution in [1.82, 2.24) is 56.2 Å². The van der Waals surface area contributed by atoms with Crippen LogP contribution in [0.25, 0.3) is 0 Å². The van der Waals surface area contributed by atoms with Crippen molar-refractivity contribution in [2.75, 3.05) is 127 Å². The highest BCUT2D eigenvalue weighted by atomic mass is 19.1. The molecule has 6 fully saturated rings. The molecule has 1 saturated carbocycles. The lowest BCUT2D eigenvalue weighted by Gasteiger charge is -2.48. The number of ether oxygens (including phenoxy) is 1. The third-order valence-corrected chi connectivity index (χ3v) is 19.4. The van der Waals surface area contributed by atoms with Crippen molar-refractivity contribution < 1.29 is 37.5 Å². The number of hydrogen-bond acceptors (Lipinski definition) is 15. The van der Waals surface area contributed by atoms with E-state index in [-0.39, 0.29) is 78.7 Å². The number of nitrogens with zero attached hydrogens (tertiary/aromatic N) is 8. The smallest absolute Gasteiger partial charge is 0.246 e. The summed E-state index contributed by atoms with van der Waals surface area (Å²) in [7, 11) is 1.72. The number of likely N-dealkylation sites (N-methyl/N-ethyl adjacent to an activating group) is 1. The number of likely N-dealkylation sites (tertiary alicyclic amines) is 2. The van der Waals surface area contributed by atoms with Gasteiger partial charge in [0.1, 0.15) is 41.7 Å². The minimum atomic E-state index is -0.801. The summed E-state index contributed by atoms with van der Waals surface area (Å²) in [6.45, 7) is 15.6. The average Bonchev–Trinajstić information content (AvgIpc) is 2.70. The lowest BCUT2D eigenvalue weighted by molar-refractivity contribution is -0.143. The van der Waals surface area contributed by atoms with Gasteiger partial charge < -0.3 is 51.3 Å². The van der Waals surface area contributed by atoms with E-state index in [1.807, 2.05) is 18.2 Å². The first-order chi connectivity index (χ1) is 41.0. The van der Waals surface area contributed by atoms with Crippen molar-refractivity contribution in [3.8, 4) is 0 Å². The molecule has 2 aromatic carbocycles. The van der Waals surface area contributed by atoms with Gasteiger partial charge >= 0.3 is 0 Å². The topological polar surface area (TPSA) is 212 Å². The fraction of sp³-hybridized carbons (Fsp3) is 0.667. The van der Waals surface area contributed by atoms with Crippen molar-refractivity contribution in [1.29, 1.82) is 0 Å². The fourth-order valence-electron chi connectivity index (χ4n) is 13.9. The van der Waals surface area contributed by atoms with Crippen molar-refractivity contribution in [2.45, 2.75) is 147 Å². The fourth-order valence-corrected chi connectivity index (χ4v) is 13.9. The molecule has 0 radical (unpaired) electrons. The Hall–Kier alpha value is -6.07. The highest BCUT2D eigenvalue weighted by Gasteiger charge is 2.46. The van der Waals surface area contributed by atoms with E-state index in [0.29, 0.717) is 83.3 Å². The minimum absolute atomic E-state index is 0.0352. The number of benzene rings is 2.